The third kappa shape index (κ3) is 5.17. The molecule has 3 heterocycles. The Balaban J connectivity index is 1.40. The molecule has 1 aliphatic rings. The van der Waals surface area contributed by atoms with E-state index in [9.17, 15) is 4.79 Å². The molecule has 4 rings (SSSR count). The molecule has 1 fully saturated rings. The number of likely N-dealkylation sites (tertiary alicyclic amines) is 1. The van der Waals surface area contributed by atoms with Gasteiger partial charge in [-0.25, -0.2) is 4.98 Å². The Morgan fingerprint density at radius 3 is 2.69 bits per heavy atom. The number of nitrogens with zero attached hydrogens (tertiary/aromatic N) is 3. The van der Waals surface area contributed by atoms with Gasteiger partial charge in [0.05, 0.1) is 6.42 Å². The second-order valence-electron chi connectivity index (χ2n) is 7.96. The summed E-state index contributed by atoms with van der Waals surface area (Å²) in [7, 11) is 0. The maximum absolute atomic E-state index is 11.4. The van der Waals surface area contributed by atoms with E-state index in [0.29, 0.717) is 12.5 Å². The van der Waals surface area contributed by atoms with Crippen LogP contribution in [0.15, 0.2) is 48.8 Å². The SMILES string of the molecule is CC(=O)Cc1ncc([C@H]2CCCN2Cc2ccc(Cc3ccnc(C)c3)cc2)s1. The minimum absolute atomic E-state index is 0.177. The number of pyridine rings is 1. The van der Waals surface area contributed by atoms with Crippen molar-refractivity contribution in [2.75, 3.05) is 6.54 Å². The molecule has 0 spiro atoms. The van der Waals surface area contributed by atoms with Crippen molar-refractivity contribution < 1.29 is 4.79 Å². The molecular formula is C24H27N3OS. The molecule has 0 N–H and O–H groups in total. The predicted molar refractivity (Wildman–Crippen MR) is 117 cm³/mol. The average Bonchev–Trinajstić information content (AvgIpc) is 3.32. The highest BCUT2D eigenvalue weighted by Gasteiger charge is 2.27. The number of rotatable bonds is 7. The summed E-state index contributed by atoms with van der Waals surface area (Å²) >= 11 is 1.70. The molecule has 1 aliphatic heterocycles. The van der Waals surface area contributed by atoms with Crippen molar-refractivity contribution >= 4 is 17.1 Å². The number of carbonyl (C=O) groups is 1. The number of benzene rings is 1. The molecule has 0 amide bonds. The summed E-state index contributed by atoms with van der Waals surface area (Å²) in [4.78, 5) is 23.9. The summed E-state index contributed by atoms with van der Waals surface area (Å²) in [5.41, 5.74) is 5.04. The second kappa shape index (κ2) is 8.97. The summed E-state index contributed by atoms with van der Waals surface area (Å²) in [6.07, 6.45) is 7.64. The van der Waals surface area contributed by atoms with Crippen molar-refractivity contribution in [1.82, 2.24) is 14.9 Å². The molecule has 0 aliphatic carbocycles. The Morgan fingerprint density at radius 1 is 1.14 bits per heavy atom. The number of aryl methyl sites for hydroxylation is 1. The Hall–Kier alpha value is -2.37. The van der Waals surface area contributed by atoms with Crippen molar-refractivity contribution in [3.63, 3.8) is 0 Å². The lowest BCUT2D eigenvalue weighted by Crippen LogP contribution is -2.22. The van der Waals surface area contributed by atoms with E-state index < -0.39 is 0 Å². The summed E-state index contributed by atoms with van der Waals surface area (Å²) in [6, 6.07) is 13.7. The van der Waals surface area contributed by atoms with Gasteiger partial charge in [0.1, 0.15) is 10.8 Å². The minimum atomic E-state index is 0.177. The number of carbonyl (C=O) groups excluding carboxylic acids is 1. The summed E-state index contributed by atoms with van der Waals surface area (Å²) in [5.74, 6) is 0.177. The first-order chi connectivity index (χ1) is 14.1. The number of ketones is 1. The lowest BCUT2D eigenvalue weighted by atomic mass is 10.0. The maximum atomic E-state index is 11.4. The summed E-state index contributed by atoms with van der Waals surface area (Å²) in [6.45, 7) is 5.73. The zero-order chi connectivity index (χ0) is 20.2. The van der Waals surface area contributed by atoms with Crippen molar-refractivity contribution in [3.05, 3.63) is 81.1 Å². The number of hydrogen-bond donors (Lipinski definition) is 0. The van der Waals surface area contributed by atoms with Gasteiger partial charge in [-0.15, -0.1) is 11.3 Å². The standard InChI is InChI=1S/C24H27N3OS/c1-17-12-21(9-10-25-17)14-19-5-7-20(8-6-19)16-27-11-3-4-22(27)23-15-26-24(29-23)13-18(2)28/h5-10,12,15,22H,3-4,11,13-14,16H2,1-2H3/t22-/m1/s1. The first-order valence-electron chi connectivity index (χ1n) is 10.2. The lowest BCUT2D eigenvalue weighted by Gasteiger charge is -2.23. The molecule has 0 bridgehead atoms. The molecule has 29 heavy (non-hydrogen) atoms. The largest absolute Gasteiger partial charge is 0.300 e. The number of Topliss-reactive ketones (excluding diaryl/α,β-unsaturated/α-hetero) is 1. The molecular weight excluding hydrogens is 378 g/mol. The third-order valence-electron chi connectivity index (χ3n) is 5.44. The summed E-state index contributed by atoms with van der Waals surface area (Å²) < 4.78 is 0. The van der Waals surface area contributed by atoms with Crippen LogP contribution in [0.5, 0.6) is 0 Å². The van der Waals surface area contributed by atoms with Crippen LogP contribution in [0.3, 0.4) is 0 Å². The Bertz CT molecular complexity index is 980. The zero-order valence-corrected chi connectivity index (χ0v) is 17.9. The first-order valence-corrected chi connectivity index (χ1v) is 11.1. The average molecular weight is 406 g/mol. The molecule has 1 aromatic carbocycles. The fourth-order valence-electron chi connectivity index (χ4n) is 4.06. The quantitative estimate of drug-likeness (QED) is 0.560. The Labute approximate surface area is 176 Å². The fraction of sp³-hybridized carbons (Fsp3) is 0.375. The maximum Gasteiger partial charge on any atom is 0.136 e. The van der Waals surface area contributed by atoms with E-state index in [-0.39, 0.29) is 5.78 Å². The van der Waals surface area contributed by atoms with Crippen LogP contribution in [0.1, 0.15) is 58.1 Å². The van der Waals surface area contributed by atoms with Gasteiger partial charge in [0.2, 0.25) is 0 Å². The van der Waals surface area contributed by atoms with Gasteiger partial charge in [0, 0.05) is 35.6 Å². The van der Waals surface area contributed by atoms with Crippen molar-refractivity contribution in [3.8, 4) is 0 Å². The molecule has 0 saturated carbocycles. The van der Waals surface area contributed by atoms with Crippen LogP contribution in [-0.2, 0) is 24.2 Å². The van der Waals surface area contributed by atoms with Crippen LogP contribution in [-0.4, -0.2) is 27.2 Å². The molecule has 3 aromatic rings. The third-order valence-corrected chi connectivity index (χ3v) is 6.54. The predicted octanol–water partition coefficient (Wildman–Crippen LogP) is 4.91. The van der Waals surface area contributed by atoms with Gasteiger partial charge in [-0.1, -0.05) is 24.3 Å². The van der Waals surface area contributed by atoms with Crippen molar-refractivity contribution in [2.24, 2.45) is 0 Å². The minimum Gasteiger partial charge on any atom is -0.300 e. The van der Waals surface area contributed by atoms with Gasteiger partial charge in [-0.3, -0.25) is 14.7 Å². The van der Waals surface area contributed by atoms with Crippen LogP contribution in [0.4, 0.5) is 0 Å². The molecule has 0 unspecified atom stereocenters. The number of aromatic nitrogens is 2. The smallest absolute Gasteiger partial charge is 0.136 e. The van der Waals surface area contributed by atoms with E-state index in [2.05, 4.69) is 51.3 Å². The lowest BCUT2D eigenvalue weighted by molar-refractivity contribution is -0.116. The highest BCUT2D eigenvalue weighted by atomic mass is 32.1. The van der Waals surface area contributed by atoms with Crippen molar-refractivity contribution in [1.29, 1.82) is 0 Å². The van der Waals surface area contributed by atoms with Crippen LogP contribution < -0.4 is 0 Å². The van der Waals surface area contributed by atoms with Gasteiger partial charge < -0.3 is 0 Å². The van der Waals surface area contributed by atoms with Gasteiger partial charge in [-0.05, 0) is 68.5 Å². The topological polar surface area (TPSA) is 46.1 Å². The molecule has 150 valence electrons. The van der Waals surface area contributed by atoms with E-state index in [4.69, 9.17) is 0 Å². The Morgan fingerprint density at radius 2 is 1.93 bits per heavy atom. The first kappa shape index (κ1) is 19.9. The van der Waals surface area contributed by atoms with Gasteiger partial charge in [0.25, 0.3) is 0 Å². The van der Waals surface area contributed by atoms with Crippen LogP contribution >= 0.6 is 11.3 Å². The van der Waals surface area contributed by atoms with E-state index in [1.54, 1.807) is 18.3 Å². The number of hydrogen-bond acceptors (Lipinski definition) is 5. The van der Waals surface area contributed by atoms with Crippen LogP contribution in [0.2, 0.25) is 0 Å². The van der Waals surface area contributed by atoms with Crippen LogP contribution in [0.25, 0.3) is 0 Å². The van der Waals surface area contributed by atoms with Gasteiger partial charge in [-0.2, -0.15) is 0 Å². The van der Waals surface area contributed by atoms with E-state index in [1.807, 2.05) is 19.3 Å². The van der Waals surface area contributed by atoms with Gasteiger partial charge in [0.15, 0.2) is 0 Å². The molecule has 2 aromatic heterocycles. The van der Waals surface area contributed by atoms with Crippen molar-refractivity contribution in [2.45, 2.75) is 52.1 Å². The molecule has 5 heteroatoms. The molecule has 1 saturated heterocycles. The normalized spacial score (nSPS) is 17.0. The van der Waals surface area contributed by atoms with E-state index >= 15 is 0 Å². The molecule has 4 nitrogen and oxygen atoms in total. The molecule has 1 atom stereocenters. The molecule has 0 radical (unpaired) electrons. The second-order valence-corrected chi connectivity index (χ2v) is 9.11. The van der Waals surface area contributed by atoms with Crippen LogP contribution in [0, 0.1) is 6.92 Å². The monoisotopic (exact) mass is 405 g/mol. The highest BCUT2D eigenvalue weighted by molar-refractivity contribution is 7.11. The van der Waals surface area contributed by atoms with E-state index in [1.165, 1.54) is 34.4 Å². The van der Waals surface area contributed by atoms with E-state index in [0.717, 1.165) is 30.2 Å². The Kier molecular flexibility index (Phi) is 6.16. The summed E-state index contributed by atoms with van der Waals surface area (Å²) in [5, 5.41) is 0.940. The van der Waals surface area contributed by atoms with Gasteiger partial charge >= 0.3 is 0 Å². The number of thiazole rings is 1. The highest BCUT2D eigenvalue weighted by Crippen LogP contribution is 2.36. The zero-order valence-electron chi connectivity index (χ0n) is 17.1. The fourth-order valence-corrected chi connectivity index (χ4v) is 5.22.